The van der Waals surface area contributed by atoms with E-state index < -0.39 is 0 Å². The largest absolute Gasteiger partial charge is 0.368 e. The summed E-state index contributed by atoms with van der Waals surface area (Å²) >= 11 is 0. The molecule has 0 atom stereocenters. The van der Waals surface area contributed by atoms with E-state index in [4.69, 9.17) is 4.98 Å². The van der Waals surface area contributed by atoms with Crippen LogP contribution in [0.15, 0.2) is 66.9 Å². The quantitative estimate of drug-likeness (QED) is 0.298. The van der Waals surface area contributed by atoms with Gasteiger partial charge in [0.1, 0.15) is 0 Å². The molecule has 0 amide bonds. The number of hydrogen-bond acceptors (Lipinski definition) is 3. The maximum absolute atomic E-state index is 4.74. The Morgan fingerprint density at radius 3 is 2.42 bits per heavy atom. The molecule has 2 aromatic carbocycles. The Labute approximate surface area is 185 Å². The number of pyridine rings is 1. The molecule has 0 aliphatic carbocycles. The van der Waals surface area contributed by atoms with Crippen LogP contribution in [0.2, 0.25) is 0 Å². The minimum Gasteiger partial charge on any atom is -0.368 e. The van der Waals surface area contributed by atoms with Crippen molar-refractivity contribution >= 4 is 27.6 Å². The first-order chi connectivity index (χ1) is 15.3. The molecule has 0 aliphatic heterocycles. The van der Waals surface area contributed by atoms with Crippen molar-refractivity contribution < 1.29 is 0 Å². The highest BCUT2D eigenvalue weighted by atomic mass is 15.1. The molecule has 4 rings (SSSR count). The number of fused-ring (bicyclic) bond motifs is 3. The zero-order chi connectivity index (χ0) is 21.5. The number of nitrogens with zero attached hydrogens (tertiary/aromatic N) is 3. The summed E-state index contributed by atoms with van der Waals surface area (Å²) in [7, 11) is 0. The third-order valence-corrected chi connectivity index (χ3v) is 6.20. The van der Waals surface area contributed by atoms with E-state index in [2.05, 4.69) is 89.3 Å². The highest BCUT2D eigenvalue weighted by Gasteiger charge is 2.14. The van der Waals surface area contributed by atoms with Crippen molar-refractivity contribution in [2.24, 2.45) is 0 Å². The van der Waals surface area contributed by atoms with Gasteiger partial charge in [-0.05, 0) is 50.2 Å². The van der Waals surface area contributed by atoms with Crippen LogP contribution in [0.4, 0.5) is 5.82 Å². The normalized spacial score (nSPS) is 11.6. The first kappa shape index (κ1) is 21.4. The van der Waals surface area contributed by atoms with E-state index in [1.165, 1.54) is 46.8 Å². The SMILES string of the molecule is CCN(CC)CCCCCNc1nccc2c3ccccc3n(Cc3ccccc3)c12. The van der Waals surface area contributed by atoms with Gasteiger partial charge in [-0.2, -0.15) is 0 Å². The van der Waals surface area contributed by atoms with E-state index in [-0.39, 0.29) is 0 Å². The lowest BCUT2D eigenvalue weighted by Crippen LogP contribution is -2.23. The Morgan fingerprint density at radius 1 is 0.839 bits per heavy atom. The Morgan fingerprint density at radius 2 is 1.61 bits per heavy atom. The molecule has 4 nitrogen and oxygen atoms in total. The number of nitrogens with one attached hydrogen (secondary N) is 1. The van der Waals surface area contributed by atoms with Crippen LogP contribution in [0.1, 0.15) is 38.7 Å². The van der Waals surface area contributed by atoms with Gasteiger partial charge in [-0.1, -0.05) is 68.8 Å². The molecule has 4 aromatic rings. The van der Waals surface area contributed by atoms with Crippen molar-refractivity contribution in [1.82, 2.24) is 14.5 Å². The summed E-state index contributed by atoms with van der Waals surface area (Å²) in [5.74, 6) is 0.994. The zero-order valence-electron chi connectivity index (χ0n) is 18.8. The monoisotopic (exact) mass is 414 g/mol. The van der Waals surface area contributed by atoms with Crippen LogP contribution < -0.4 is 5.32 Å². The van der Waals surface area contributed by atoms with Crippen LogP contribution in [-0.2, 0) is 6.54 Å². The van der Waals surface area contributed by atoms with E-state index in [9.17, 15) is 0 Å². The molecule has 4 heteroatoms. The second-order valence-corrected chi connectivity index (χ2v) is 8.16. The summed E-state index contributed by atoms with van der Waals surface area (Å²) in [6.45, 7) is 9.77. The smallest absolute Gasteiger partial charge is 0.150 e. The topological polar surface area (TPSA) is 33.1 Å². The average molecular weight is 415 g/mol. The highest BCUT2D eigenvalue weighted by Crippen LogP contribution is 2.33. The molecule has 0 saturated carbocycles. The van der Waals surface area contributed by atoms with Crippen LogP contribution in [0, 0.1) is 0 Å². The standard InChI is InChI=1S/C27H34N4/c1-3-30(4-2)20-12-6-11-18-28-27-26-24(17-19-29-27)23-15-9-10-16-25(23)31(26)21-22-13-7-5-8-14-22/h5,7-10,13-17,19H,3-4,6,11-12,18,20-21H2,1-2H3,(H,28,29). The van der Waals surface area contributed by atoms with Crippen molar-refractivity contribution in [1.29, 1.82) is 0 Å². The summed E-state index contributed by atoms with van der Waals surface area (Å²) in [4.78, 5) is 7.23. The molecule has 0 saturated heterocycles. The Balaban J connectivity index is 1.54. The Hall–Kier alpha value is -2.85. The lowest BCUT2D eigenvalue weighted by molar-refractivity contribution is 0.296. The van der Waals surface area contributed by atoms with Gasteiger partial charge >= 0.3 is 0 Å². The zero-order valence-corrected chi connectivity index (χ0v) is 18.8. The van der Waals surface area contributed by atoms with Crippen molar-refractivity contribution in [3.63, 3.8) is 0 Å². The summed E-state index contributed by atoms with van der Waals surface area (Å²) in [5, 5.41) is 6.20. The lowest BCUT2D eigenvalue weighted by atomic mass is 10.2. The molecule has 162 valence electrons. The van der Waals surface area contributed by atoms with Gasteiger partial charge in [-0.3, -0.25) is 0 Å². The number of hydrogen-bond donors (Lipinski definition) is 1. The summed E-state index contributed by atoms with van der Waals surface area (Å²) in [5.41, 5.74) is 3.77. The lowest BCUT2D eigenvalue weighted by Gasteiger charge is -2.17. The van der Waals surface area contributed by atoms with Gasteiger partial charge < -0.3 is 14.8 Å². The minimum atomic E-state index is 0.842. The molecule has 0 unspecified atom stereocenters. The van der Waals surface area contributed by atoms with Crippen molar-refractivity contribution in [3.05, 3.63) is 72.4 Å². The predicted octanol–water partition coefficient (Wildman–Crippen LogP) is 6.16. The third kappa shape index (κ3) is 4.91. The number of aromatic nitrogens is 2. The van der Waals surface area contributed by atoms with Crippen LogP contribution in [0.3, 0.4) is 0 Å². The molecule has 2 heterocycles. The fourth-order valence-corrected chi connectivity index (χ4v) is 4.45. The number of para-hydroxylation sites is 1. The molecule has 31 heavy (non-hydrogen) atoms. The van der Waals surface area contributed by atoms with Crippen LogP contribution in [0.5, 0.6) is 0 Å². The molecular formula is C27H34N4. The first-order valence-corrected chi connectivity index (χ1v) is 11.7. The van der Waals surface area contributed by atoms with Gasteiger partial charge in [0.2, 0.25) is 0 Å². The van der Waals surface area contributed by atoms with Crippen molar-refractivity contribution in [2.75, 3.05) is 31.5 Å². The fourth-order valence-electron chi connectivity index (χ4n) is 4.45. The van der Waals surface area contributed by atoms with Gasteiger partial charge in [0.05, 0.1) is 5.52 Å². The number of rotatable bonds is 11. The van der Waals surface area contributed by atoms with E-state index in [0.29, 0.717) is 0 Å². The number of anilines is 1. The van der Waals surface area contributed by atoms with Gasteiger partial charge in [0.15, 0.2) is 5.82 Å². The van der Waals surface area contributed by atoms with E-state index in [1.807, 2.05) is 6.20 Å². The van der Waals surface area contributed by atoms with E-state index in [0.717, 1.165) is 38.4 Å². The molecule has 0 aliphatic rings. The first-order valence-electron chi connectivity index (χ1n) is 11.7. The minimum absolute atomic E-state index is 0.842. The molecule has 0 spiro atoms. The molecule has 2 aromatic heterocycles. The third-order valence-electron chi connectivity index (χ3n) is 6.20. The summed E-state index contributed by atoms with van der Waals surface area (Å²) < 4.78 is 2.41. The van der Waals surface area contributed by atoms with Gasteiger partial charge in [0.25, 0.3) is 0 Å². The van der Waals surface area contributed by atoms with E-state index >= 15 is 0 Å². The second kappa shape index (κ2) is 10.5. The molecule has 0 bridgehead atoms. The fraction of sp³-hybridized carbons (Fsp3) is 0.370. The number of unbranched alkanes of at least 4 members (excludes halogenated alkanes) is 2. The number of benzene rings is 2. The molecule has 1 N–H and O–H groups in total. The average Bonchev–Trinajstić information content (AvgIpc) is 3.14. The molecule has 0 fully saturated rings. The van der Waals surface area contributed by atoms with Crippen LogP contribution in [0.25, 0.3) is 21.8 Å². The van der Waals surface area contributed by atoms with Crippen LogP contribution in [-0.4, -0.2) is 40.6 Å². The Bertz CT molecular complexity index is 1100. The predicted molar refractivity (Wildman–Crippen MR) is 133 cm³/mol. The van der Waals surface area contributed by atoms with Crippen molar-refractivity contribution in [2.45, 2.75) is 39.7 Å². The molecular weight excluding hydrogens is 380 g/mol. The van der Waals surface area contributed by atoms with Crippen molar-refractivity contribution in [3.8, 4) is 0 Å². The van der Waals surface area contributed by atoms with Crippen LogP contribution >= 0.6 is 0 Å². The van der Waals surface area contributed by atoms with Gasteiger partial charge in [0, 0.05) is 35.6 Å². The summed E-state index contributed by atoms with van der Waals surface area (Å²) in [6.07, 6.45) is 5.60. The Kier molecular flexibility index (Phi) is 7.21. The van der Waals surface area contributed by atoms with E-state index in [1.54, 1.807) is 0 Å². The maximum atomic E-state index is 4.74. The molecule has 0 radical (unpaired) electrons. The summed E-state index contributed by atoms with van der Waals surface area (Å²) in [6, 6.07) is 21.5. The van der Waals surface area contributed by atoms with Gasteiger partial charge in [-0.15, -0.1) is 0 Å². The highest BCUT2D eigenvalue weighted by molar-refractivity contribution is 6.11. The maximum Gasteiger partial charge on any atom is 0.150 e. The second-order valence-electron chi connectivity index (χ2n) is 8.16. The van der Waals surface area contributed by atoms with Gasteiger partial charge in [-0.25, -0.2) is 4.98 Å².